The van der Waals surface area contributed by atoms with Crippen LogP contribution in [0.3, 0.4) is 0 Å². The summed E-state index contributed by atoms with van der Waals surface area (Å²) in [6.07, 6.45) is 14.5. The van der Waals surface area contributed by atoms with Gasteiger partial charge in [-0.1, -0.05) is 50.5 Å². The Balaban J connectivity index is 2.40. The van der Waals surface area contributed by atoms with Gasteiger partial charge in [-0.15, -0.1) is 0 Å². The van der Waals surface area contributed by atoms with Gasteiger partial charge in [-0.25, -0.2) is 0 Å². The molecule has 8 atom stereocenters. The monoisotopic (exact) mass is 429 g/mol. The van der Waals surface area contributed by atoms with Gasteiger partial charge in [0.1, 0.15) is 0 Å². The zero-order valence-electron chi connectivity index (χ0n) is 17.7. The zero-order valence-corrected chi connectivity index (χ0v) is 19.3. The molecule has 2 rings (SSSR count). The molecule has 0 saturated heterocycles. The highest BCUT2D eigenvalue weighted by Gasteiger charge is 2.39. The molecule has 0 spiro atoms. The Hall–Kier alpha value is -0.140. The maximum atomic E-state index is 12.1. The van der Waals surface area contributed by atoms with Gasteiger partial charge in [-0.05, 0) is 61.3 Å². The Morgan fingerprint density at radius 3 is 2.79 bits per heavy atom. The summed E-state index contributed by atoms with van der Waals surface area (Å²) in [5, 5.41) is 11.2. The van der Waals surface area contributed by atoms with Crippen LogP contribution in [-0.2, 0) is 15.8 Å². The van der Waals surface area contributed by atoms with E-state index in [9.17, 15) is 13.9 Å². The fourth-order valence-electron chi connectivity index (χ4n) is 4.70. The molecular weight excluding hydrogens is 392 g/mol. The molecule has 4 nitrogen and oxygen atoms in total. The van der Waals surface area contributed by atoms with Crippen molar-refractivity contribution in [3.8, 4) is 0 Å². The number of ether oxygens (including phenoxy) is 1. The summed E-state index contributed by atoms with van der Waals surface area (Å²) in [4.78, 5) is 0. The SMILES string of the molecule is CCCCC(C)C(O)C(C1=CC(SC)CCC1S(=O)[O-])C1C=CCC(OC)C1. The van der Waals surface area contributed by atoms with E-state index in [1.807, 2.05) is 0 Å². The molecule has 8 unspecified atom stereocenters. The lowest BCUT2D eigenvalue weighted by molar-refractivity contribution is 0.0237. The number of hydrogen-bond acceptors (Lipinski definition) is 5. The van der Waals surface area contributed by atoms with Crippen molar-refractivity contribution in [2.75, 3.05) is 13.4 Å². The third kappa shape index (κ3) is 6.18. The van der Waals surface area contributed by atoms with E-state index >= 15 is 0 Å². The summed E-state index contributed by atoms with van der Waals surface area (Å²) in [6, 6.07) is 0. The maximum absolute atomic E-state index is 12.1. The second kappa shape index (κ2) is 11.9. The van der Waals surface area contributed by atoms with Crippen molar-refractivity contribution >= 4 is 22.8 Å². The number of aliphatic hydroxyl groups excluding tert-OH is 1. The molecular formula is C22H37O4S2-. The highest BCUT2D eigenvalue weighted by atomic mass is 32.2. The van der Waals surface area contributed by atoms with Crippen LogP contribution < -0.4 is 0 Å². The van der Waals surface area contributed by atoms with Crippen molar-refractivity contribution in [2.24, 2.45) is 17.8 Å². The fraction of sp³-hybridized carbons (Fsp3) is 0.818. The van der Waals surface area contributed by atoms with E-state index < -0.39 is 22.4 Å². The van der Waals surface area contributed by atoms with E-state index in [0.29, 0.717) is 11.7 Å². The van der Waals surface area contributed by atoms with E-state index in [-0.39, 0.29) is 23.9 Å². The number of rotatable bonds is 10. The Morgan fingerprint density at radius 2 is 2.18 bits per heavy atom. The lowest BCUT2D eigenvalue weighted by Gasteiger charge is -2.42. The molecule has 0 heterocycles. The molecule has 0 radical (unpaired) electrons. The van der Waals surface area contributed by atoms with Crippen molar-refractivity contribution in [1.29, 1.82) is 0 Å². The minimum absolute atomic E-state index is 0.107. The molecule has 0 aromatic rings. The van der Waals surface area contributed by atoms with Crippen LogP contribution in [0.25, 0.3) is 0 Å². The average molecular weight is 430 g/mol. The minimum atomic E-state index is -2.16. The molecule has 0 saturated carbocycles. The third-order valence-electron chi connectivity index (χ3n) is 6.46. The Kier molecular flexibility index (Phi) is 10.3. The molecule has 0 aromatic carbocycles. The normalized spacial score (nSPS) is 32.4. The zero-order chi connectivity index (χ0) is 20.7. The van der Waals surface area contributed by atoms with Gasteiger partial charge in [-0.2, -0.15) is 11.8 Å². The summed E-state index contributed by atoms with van der Waals surface area (Å²) in [7, 11) is 1.73. The van der Waals surface area contributed by atoms with E-state index in [1.54, 1.807) is 18.9 Å². The van der Waals surface area contributed by atoms with E-state index in [0.717, 1.165) is 44.1 Å². The molecule has 0 aliphatic heterocycles. The average Bonchev–Trinajstić information content (AvgIpc) is 2.71. The largest absolute Gasteiger partial charge is 0.772 e. The van der Waals surface area contributed by atoms with Gasteiger partial charge in [-0.3, -0.25) is 4.21 Å². The van der Waals surface area contributed by atoms with Crippen molar-refractivity contribution < 1.29 is 18.6 Å². The Bertz CT molecular complexity index is 563. The molecule has 0 bridgehead atoms. The Labute approximate surface area is 177 Å². The van der Waals surface area contributed by atoms with Gasteiger partial charge in [0.2, 0.25) is 0 Å². The van der Waals surface area contributed by atoms with Gasteiger partial charge in [0.25, 0.3) is 0 Å². The first-order chi connectivity index (χ1) is 13.4. The third-order valence-corrected chi connectivity index (χ3v) is 8.41. The molecule has 1 N–H and O–H groups in total. The van der Waals surface area contributed by atoms with Crippen LogP contribution in [0.1, 0.15) is 58.8 Å². The van der Waals surface area contributed by atoms with Crippen molar-refractivity contribution in [2.45, 2.75) is 81.5 Å². The molecule has 0 amide bonds. The lowest BCUT2D eigenvalue weighted by Crippen LogP contribution is -2.41. The number of unbranched alkanes of at least 4 members (excludes halogenated alkanes) is 1. The van der Waals surface area contributed by atoms with Crippen LogP contribution in [0.2, 0.25) is 0 Å². The van der Waals surface area contributed by atoms with Crippen molar-refractivity contribution in [3.63, 3.8) is 0 Å². The predicted molar refractivity (Wildman–Crippen MR) is 118 cm³/mol. The maximum Gasteiger partial charge on any atom is 0.0637 e. The fourth-order valence-corrected chi connectivity index (χ4v) is 6.15. The number of methoxy groups -OCH3 is 1. The first-order valence-corrected chi connectivity index (χ1v) is 13.0. The molecule has 0 aromatic heterocycles. The number of aliphatic hydroxyl groups is 1. The van der Waals surface area contributed by atoms with Crippen LogP contribution in [0.5, 0.6) is 0 Å². The second-order valence-corrected chi connectivity index (χ2v) is 10.5. The van der Waals surface area contributed by atoms with Gasteiger partial charge in [0.05, 0.1) is 12.2 Å². The molecule has 2 aliphatic carbocycles. The summed E-state index contributed by atoms with van der Waals surface area (Å²) >= 11 is -0.399. The topological polar surface area (TPSA) is 69.6 Å². The summed E-state index contributed by atoms with van der Waals surface area (Å²) in [5.74, 6) is 0.0761. The van der Waals surface area contributed by atoms with Crippen LogP contribution >= 0.6 is 11.8 Å². The van der Waals surface area contributed by atoms with Crippen LogP contribution in [-0.4, -0.2) is 49.9 Å². The Morgan fingerprint density at radius 1 is 1.43 bits per heavy atom. The van der Waals surface area contributed by atoms with Crippen LogP contribution in [0.4, 0.5) is 0 Å². The van der Waals surface area contributed by atoms with Gasteiger partial charge >= 0.3 is 0 Å². The first-order valence-electron chi connectivity index (χ1n) is 10.6. The predicted octanol–water partition coefficient (Wildman–Crippen LogP) is 4.47. The molecule has 162 valence electrons. The highest BCUT2D eigenvalue weighted by molar-refractivity contribution is 7.99. The summed E-state index contributed by atoms with van der Waals surface area (Å²) in [6.45, 7) is 4.26. The van der Waals surface area contributed by atoms with Crippen molar-refractivity contribution in [1.82, 2.24) is 0 Å². The van der Waals surface area contributed by atoms with Crippen molar-refractivity contribution in [3.05, 3.63) is 23.8 Å². The first kappa shape index (κ1) is 24.1. The van der Waals surface area contributed by atoms with Gasteiger partial charge in [0.15, 0.2) is 0 Å². The quantitative estimate of drug-likeness (QED) is 0.410. The van der Waals surface area contributed by atoms with E-state index in [2.05, 4.69) is 38.3 Å². The van der Waals surface area contributed by atoms with Gasteiger partial charge in [0, 0.05) is 23.5 Å². The van der Waals surface area contributed by atoms with Gasteiger partial charge < -0.3 is 14.4 Å². The number of hydrogen-bond donors (Lipinski definition) is 1. The number of allylic oxidation sites excluding steroid dienone is 1. The minimum Gasteiger partial charge on any atom is -0.772 e. The highest BCUT2D eigenvalue weighted by Crippen LogP contribution is 2.42. The van der Waals surface area contributed by atoms with E-state index in [1.165, 1.54) is 0 Å². The molecule has 2 aliphatic rings. The standard InChI is InChI=1S/C22H38O4S2/c1-5-6-8-15(2)22(23)21(16-9-7-10-17(13-16)26-3)19-14-18(27-4)11-12-20(19)28(24)25/h7,9,14-18,20-23H,5-6,8,10-13H2,1-4H3,(H,24,25)/p-1. The summed E-state index contributed by atoms with van der Waals surface area (Å²) in [5.41, 5.74) is 0.932. The molecule has 28 heavy (non-hydrogen) atoms. The molecule has 6 heteroatoms. The molecule has 0 fully saturated rings. The van der Waals surface area contributed by atoms with Crippen LogP contribution in [0.15, 0.2) is 23.8 Å². The number of thioether (sulfide) groups is 1. The van der Waals surface area contributed by atoms with E-state index in [4.69, 9.17) is 4.74 Å². The lowest BCUT2D eigenvalue weighted by atomic mass is 9.70. The smallest absolute Gasteiger partial charge is 0.0637 e. The van der Waals surface area contributed by atoms with Crippen LogP contribution in [0, 0.1) is 17.8 Å². The summed E-state index contributed by atoms with van der Waals surface area (Å²) < 4.78 is 29.7. The second-order valence-electron chi connectivity index (χ2n) is 8.32.